The van der Waals surface area contributed by atoms with Gasteiger partial charge in [-0.15, -0.1) is 0 Å². The van der Waals surface area contributed by atoms with Gasteiger partial charge >= 0.3 is 0 Å². The van der Waals surface area contributed by atoms with Gasteiger partial charge < -0.3 is 15.9 Å². The number of phenolic OH excluding ortho intramolecular Hbond substituents is 2. The quantitative estimate of drug-likeness (QED) is 0.648. The molecule has 0 amide bonds. The number of benzene rings is 1. The lowest BCUT2D eigenvalue weighted by Gasteiger charge is -2.14. The van der Waals surface area contributed by atoms with E-state index in [9.17, 15) is 10.2 Å². The first-order chi connectivity index (χ1) is 6.56. The number of nitrogens with two attached hydrogens (primary N) is 1. The van der Waals surface area contributed by atoms with Crippen molar-refractivity contribution in [2.45, 2.75) is 32.7 Å². The molecule has 0 fully saturated rings. The summed E-state index contributed by atoms with van der Waals surface area (Å²) >= 11 is 0. The van der Waals surface area contributed by atoms with Crippen molar-refractivity contribution in [2.24, 2.45) is 5.73 Å². The van der Waals surface area contributed by atoms with Gasteiger partial charge in [-0.05, 0) is 25.0 Å². The maximum atomic E-state index is 9.59. The third kappa shape index (κ3) is 2.17. The summed E-state index contributed by atoms with van der Waals surface area (Å²) < 4.78 is 0. The number of aromatic hydroxyl groups is 2. The topological polar surface area (TPSA) is 66.5 Å². The van der Waals surface area contributed by atoms with E-state index in [1.165, 1.54) is 6.07 Å². The molecule has 0 aliphatic rings. The molecule has 1 aromatic rings. The molecule has 78 valence electrons. The van der Waals surface area contributed by atoms with Crippen molar-refractivity contribution in [1.29, 1.82) is 0 Å². The Bertz CT molecular complexity index is 323. The molecule has 1 unspecified atom stereocenters. The predicted molar refractivity (Wildman–Crippen MR) is 56.3 cm³/mol. The van der Waals surface area contributed by atoms with Gasteiger partial charge in [0.2, 0.25) is 0 Å². The van der Waals surface area contributed by atoms with Gasteiger partial charge in [0, 0.05) is 11.6 Å². The highest BCUT2D eigenvalue weighted by molar-refractivity contribution is 5.48. The second-order valence-corrected chi connectivity index (χ2v) is 3.62. The Kier molecular flexibility index (Phi) is 3.36. The zero-order valence-corrected chi connectivity index (χ0v) is 8.62. The molecule has 0 bridgehead atoms. The molecule has 4 N–H and O–H groups in total. The number of hydrogen-bond acceptors (Lipinski definition) is 3. The zero-order valence-electron chi connectivity index (χ0n) is 8.62. The average molecular weight is 195 g/mol. The standard InChI is InChI=1S/C11H17NO2/c1-3-4-9(12)8-5-7(2)6-10(13)11(8)14/h5-6,9,13-14H,3-4,12H2,1-2H3. The maximum Gasteiger partial charge on any atom is 0.162 e. The lowest BCUT2D eigenvalue weighted by atomic mass is 10.00. The highest BCUT2D eigenvalue weighted by Crippen LogP contribution is 2.34. The van der Waals surface area contributed by atoms with Crippen LogP contribution >= 0.6 is 0 Å². The summed E-state index contributed by atoms with van der Waals surface area (Å²) in [6.07, 6.45) is 1.76. The van der Waals surface area contributed by atoms with Crippen molar-refractivity contribution in [3.05, 3.63) is 23.3 Å². The molecule has 0 aliphatic heterocycles. The SMILES string of the molecule is CCCC(N)c1cc(C)cc(O)c1O. The summed E-state index contributed by atoms with van der Waals surface area (Å²) in [6.45, 7) is 3.90. The molecule has 0 saturated carbocycles. The lowest BCUT2D eigenvalue weighted by Crippen LogP contribution is -2.10. The van der Waals surface area contributed by atoms with E-state index >= 15 is 0 Å². The van der Waals surface area contributed by atoms with Crippen LogP contribution in [0.4, 0.5) is 0 Å². The van der Waals surface area contributed by atoms with Gasteiger partial charge in [-0.3, -0.25) is 0 Å². The van der Waals surface area contributed by atoms with Crippen molar-refractivity contribution in [3.63, 3.8) is 0 Å². The van der Waals surface area contributed by atoms with E-state index in [2.05, 4.69) is 0 Å². The molecule has 0 saturated heterocycles. The fourth-order valence-corrected chi connectivity index (χ4v) is 1.54. The van der Waals surface area contributed by atoms with Gasteiger partial charge in [-0.2, -0.15) is 0 Å². The van der Waals surface area contributed by atoms with Crippen molar-refractivity contribution in [2.75, 3.05) is 0 Å². The Labute approximate surface area is 84.2 Å². The Hall–Kier alpha value is -1.22. The van der Waals surface area contributed by atoms with Gasteiger partial charge in [0.05, 0.1) is 0 Å². The maximum absolute atomic E-state index is 9.59. The highest BCUT2D eigenvalue weighted by Gasteiger charge is 2.13. The van der Waals surface area contributed by atoms with Gasteiger partial charge in [0.25, 0.3) is 0 Å². The van der Waals surface area contributed by atoms with Gasteiger partial charge in [0.15, 0.2) is 11.5 Å². The van der Waals surface area contributed by atoms with Crippen molar-refractivity contribution >= 4 is 0 Å². The van der Waals surface area contributed by atoms with Crippen LogP contribution in [0, 0.1) is 6.92 Å². The van der Waals surface area contributed by atoms with E-state index in [1.807, 2.05) is 19.9 Å². The molecule has 3 nitrogen and oxygen atoms in total. The van der Waals surface area contributed by atoms with Crippen LogP contribution in [0.1, 0.15) is 36.9 Å². The van der Waals surface area contributed by atoms with E-state index in [0.29, 0.717) is 5.56 Å². The van der Waals surface area contributed by atoms with Crippen LogP contribution in [-0.4, -0.2) is 10.2 Å². The molecule has 1 rings (SSSR count). The Morgan fingerprint density at radius 2 is 2.00 bits per heavy atom. The van der Waals surface area contributed by atoms with E-state index in [0.717, 1.165) is 18.4 Å². The van der Waals surface area contributed by atoms with Crippen molar-refractivity contribution in [3.8, 4) is 11.5 Å². The molecule has 0 spiro atoms. The normalized spacial score (nSPS) is 12.8. The fourth-order valence-electron chi connectivity index (χ4n) is 1.54. The van der Waals surface area contributed by atoms with Crippen LogP contribution in [-0.2, 0) is 0 Å². The van der Waals surface area contributed by atoms with Crippen LogP contribution in [0.3, 0.4) is 0 Å². The lowest BCUT2D eigenvalue weighted by molar-refractivity contribution is 0.394. The fraction of sp³-hybridized carbons (Fsp3) is 0.455. The van der Waals surface area contributed by atoms with Gasteiger partial charge in [0.1, 0.15) is 0 Å². The van der Waals surface area contributed by atoms with Crippen molar-refractivity contribution < 1.29 is 10.2 Å². The van der Waals surface area contributed by atoms with Crippen LogP contribution in [0.25, 0.3) is 0 Å². The molecule has 14 heavy (non-hydrogen) atoms. The Morgan fingerprint density at radius 3 is 2.57 bits per heavy atom. The number of phenols is 2. The highest BCUT2D eigenvalue weighted by atomic mass is 16.3. The van der Waals surface area contributed by atoms with Crippen LogP contribution < -0.4 is 5.73 Å². The minimum Gasteiger partial charge on any atom is -0.504 e. The summed E-state index contributed by atoms with van der Waals surface area (Å²) in [5, 5.41) is 19.0. The summed E-state index contributed by atoms with van der Waals surface area (Å²) in [7, 11) is 0. The summed E-state index contributed by atoms with van der Waals surface area (Å²) in [6, 6.07) is 3.14. The summed E-state index contributed by atoms with van der Waals surface area (Å²) in [5.41, 5.74) is 7.41. The molecular weight excluding hydrogens is 178 g/mol. The third-order valence-electron chi connectivity index (χ3n) is 2.26. The Balaban J connectivity index is 3.07. The number of rotatable bonds is 3. The minimum absolute atomic E-state index is 0.0865. The van der Waals surface area contributed by atoms with E-state index < -0.39 is 0 Å². The smallest absolute Gasteiger partial charge is 0.162 e. The van der Waals surface area contributed by atoms with E-state index in [4.69, 9.17) is 5.73 Å². The molecule has 1 aromatic carbocycles. The zero-order chi connectivity index (χ0) is 10.7. The largest absolute Gasteiger partial charge is 0.504 e. The average Bonchev–Trinajstić information content (AvgIpc) is 2.11. The van der Waals surface area contributed by atoms with E-state index in [-0.39, 0.29) is 17.5 Å². The van der Waals surface area contributed by atoms with Gasteiger partial charge in [-0.25, -0.2) is 0 Å². The first kappa shape index (κ1) is 10.9. The first-order valence-corrected chi connectivity index (χ1v) is 4.84. The Morgan fingerprint density at radius 1 is 1.36 bits per heavy atom. The van der Waals surface area contributed by atoms with Gasteiger partial charge in [-0.1, -0.05) is 19.4 Å². The molecule has 3 heteroatoms. The number of hydrogen-bond donors (Lipinski definition) is 3. The second kappa shape index (κ2) is 4.33. The van der Waals surface area contributed by atoms with Crippen LogP contribution in [0.2, 0.25) is 0 Å². The molecule has 0 heterocycles. The third-order valence-corrected chi connectivity index (χ3v) is 2.26. The van der Waals surface area contributed by atoms with Crippen LogP contribution in [0.5, 0.6) is 11.5 Å². The summed E-state index contributed by atoms with van der Waals surface area (Å²) in [5.74, 6) is -0.178. The monoisotopic (exact) mass is 195 g/mol. The first-order valence-electron chi connectivity index (χ1n) is 4.84. The number of aryl methyl sites for hydroxylation is 1. The van der Waals surface area contributed by atoms with E-state index in [1.54, 1.807) is 0 Å². The molecule has 0 radical (unpaired) electrons. The minimum atomic E-state index is -0.203. The second-order valence-electron chi connectivity index (χ2n) is 3.62. The van der Waals surface area contributed by atoms with Crippen molar-refractivity contribution in [1.82, 2.24) is 0 Å². The molecule has 0 aliphatic carbocycles. The summed E-state index contributed by atoms with van der Waals surface area (Å²) in [4.78, 5) is 0. The van der Waals surface area contributed by atoms with Crippen LogP contribution in [0.15, 0.2) is 12.1 Å². The predicted octanol–water partition coefficient (Wildman–Crippen LogP) is 2.21. The molecule has 1 atom stereocenters. The molecule has 0 aromatic heterocycles. The molecular formula is C11H17NO2.